The summed E-state index contributed by atoms with van der Waals surface area (Å²) >= 11 is 0. The lowest BCUT2D eigenvalue weighted by Crippen LogP contribution is -2.37. The first-order chi connectivity index (χ1) is 14.6. The third-order valence-corrected chi connectivity index (χ3v) is 6.23. The van der Waals surface area contributed by atoms with Gasteiger partial charge in [0.05, 0.1) is 23.0 Å². The first-order valence-corrected chi connectivity index (χ1v) is 11.8. The molecule has 1 aliphatic heterocycles. The smallest absolute Gasteiger partial charge is 0.319 e. The van der Waals surface area contributed by atoms with E-state index in [1.807, 2.05) is 6.92 Å². The topological polar surface area (TPSA) is 134 Å². The minimum absolute atomic E-state index is 0.0925. The Labute approximate surface area is 179 Å². The zero-order valence-electron chi connectivity index (χ0n) is 17.2. The molecular weight excluding hydrogens is 422 g/mol. The minimum atomic E-state index is -3.76. The number of aliphatic imine (C=N–C) groups is 1. The van der Waals surface area contributed by atoms with Crippen molar-refractivity contribution in [3.05, 3.63) is 35.5 Å². The molecule has 0 aliphatic carbocycles. The fraction of sp³-hybridized carbons (Fsp3) is 0.381. The van der Waals surface area contributed by atoms with Gasteiger partial charge >= 0.3 is 5.97 Å². The number of unbranched alkanes of at least 4 members (excludes halogenated alkanes) is 3. The monoisotopic (exact) mass is 445 g/mol. The number of hydrogen-bond donors (Lipinski definition) is 1. The first-order valence-electron chi connectivity index (χ1n) is 9.91. The van der Waals surface area contributed by atoms with Crippen molar-refractivity contribution in [2.75, 3.05) is 12.8 Å². The van der Waals surface area contributed by atoms with Crippen LogP contribution >= 0.6 is 0 Å². The van der Waals surface area contributed by atoms with Crippen LogP contribution in [0, 0.1) is 5.92 Å². The van der Waals surface area contributed by atoms with Crippen LogP contribution in [0.25, 0.3) is 10.9 Å². The second kappa shape index (κ2) is 8.93. The number of carbonyl (C=O) groups excluding carboxylic acids is 2. The number of rotatable bonds is 8. The molecule has 1 atom stereocenters. The number of amides is 1. The number of Topliss-reactive ketones (excluding diaryl/α,β-unsaturated/α-hetero) is 1. The van der Waals surface area contributed by atoms with E-state index in [9.17, 15) is 22.8 Å². The van der Waals surface area contributed by atoms with Crippen LogP contribution in [0.15, 0.2) is 29.4 Å². The van der Waals surface area contributed by atoms with Gasteiger partial charge in [0.1, 0.15) is 0 Å². The summed E-state index contributed by atoms with van der Waals surface area (Å²) in [5.41, 5.74) is 0.806. The zero-order valence-corrected chi connectivity index (χ0v) is 18.1. The third-order valence-electron chi connectivity index (χ3n) is 5.08. The van der Waals surface area contributed by atoms with Gasteiger partial charge in [0.25, 0.3) is 5.91 Å². The summed E-state index contributed by atoms with van der Waals surface area (Å²) in [4.78, 5) is 44.8. The quantitative estimate of drug-likeness (QED) is 0.488. The van der Waals surface area contributed by atoms with Crippen molar-refractivity contribution >= 4 is 50.5 Å². The number of pyridine rings is 1. The van der Waals surface area contributed by atoms with Gasteiger partial charge in [-0.15, -0.1) is 0 Å². The molecular formula is C21H23N3O6S. The van der Waals surface area contributed by atoms with Crippen molar-refractivity contribution < 1.29 is 27.9 Å². The highest BCUT2D eigenvalue weighted by Crippen LogP contribution is 2.33. The van der Waals surface area contributed by atoms with E-state index in [2.05, 4.69) is 9.98 Å². The van der Waals surface area contributed by atoms with Crippen LogP contribution in [-0.4, -0.2) is 59.5 Å². The van der Waals surface area contributed by atoms with E-state index in [1.165, 1.54) is 18.3 Å². The zero-order chi connectivity index (χ0) is 22.8. The van der Waals surface area contributed by atoms with Crippen molar-refractivity contribution in [3.8, 4) is 0 Å². The summed E-state index contributed by atoms with van der Waals surface area (Å²) in [5, 5.41) is 9.62. The molecule has 0 fully saturated rings. The minimum Gasteiger partial charge on any atom is -0.480 e. The Hall–Kier alpha value is -3.14. The summed E-state index contributed by atoms with van der Waals surface area (Å²) in [6.45, 7) is 2.13. The lowest BCUT2D eigenvalue weighted by Gasteiger charge is -2.21. The summed E-state index contributed by atoms with van der Waals surface area (Å²) in [6.07, 6.45) is 6.65. The number of carboxylic acid groups (broad SMARTS) is 1. The van der Waals surface area contributed by atoms with Crippen LogP contribution < -0.4 is 0 Å². The van der Waals surface area contributed by atoms with E-state index in [0.29, 0.717) is 17.3 Å². The van der Waals surface area contributed by atoms with E-state index in [1.54, 1.807) is 6.07 Å². The van der Waals surface area contributed by atoms with Crippen molar-refractivity contribution in [2.24, 2.45) is 10.9 Å². The third kappa shape index (κ3) is 4.63. The highest BCUT2D eigenvalue weighted by Gasteiger charge is 2.32. The Bertz CT molecular complexity index is 1190. The second-order valence-corrected chi connectivity index (χ2v) is 9.32. The molecule has 1 N–H and O–H groups in total. The van der Waals surface area contributed by atoms with Crippen LogP contribution in [0.2, 0.25) is 0 Å². The predicted octanol–water partition coefficient (Wildman–Crippen LogP) is 2.82. The molecule has 1 aromatic heterocycles. The first kappa shape index (κ1) is 22.5. The molecule has 0 saturated heterocycles. The van der Waals surface area contributed by atoms with Crippen LogP contribution in [0.3, 0.4) is 0 Å². The van der Waals surface area contributed by atoms with Crippen molar-refractivity contribution in [2.45, 2.75) is 32.6 Å². The highest BCUT2D eigenvalue weighted by molar-refractivity contribution is 7.88. The normalized spacial score (nSPS) is 15.7. The number of hydrogen-bond acceptors (Lipinski definition) is 7. The number of ketones is 1. The Morgan fingerprint density at radius 3 is 2.58 bits per heavy atom. The largest absolute Gasteiger partial charge is 0.480 e. The number of aromatic nitrogens is 1. The van der Waals surface area contributed by atoms with Crippen LogP contribution in [-0.2, 0) is 14.8 Å². The van der Waals surface area contributed by atoms with Crippen LogP contribution in [0.4, 0.5) is 5.69 Å². The average Bonchev–Trinajstić information content (AvgIpc) is 2.71. The highest BCUT2D eigenvalue weighted by atomic mass is 32.2. The molecule has 3 rings (SSSR count). The Morgan fingerprint density at radius 1 is 1.19 bits per heavy atom. The van der Waals surface area contributed by atoms with E-state index in [0.717, 1.165) is 36.0 Å². The maximum atomic E-state index is 12.9. The Balaban J connectivity index is 1.95. The number of aliphatic carboxylic acids is 1. The predicted molar refractivity (Wildman–Crippen MR) is 115 cm³/mol. The second-order valence-electron chi connectivity index (χ2n) is 7.42. The summed E-state index contributed by atoms with van der Waals surface area (Å²) in [6, 6.07) is 4.49. The molecule has 10 heteroatoms. The fourth-order valence-corrected chi connectivity index (χ4v) is 4.30. The molecule has 0 saturated carbocycles. The maximum absolute atomic E-state index is 12.9. The lowest BCUT2D eigenvalue weighted by atomic mass is 9.93. The fourth-order valence-electron chi connectivity index (χ4n) is 3.44. The van der Waals surface area contributed by atoms with Gasteiger partial charge in [-0.2, -0.15) is 0 Å². The van der Waals surface area contributed by atoms with E-state index < -0.39 is 33.6 Å². The number of sulfonamides is 1. The standard InChI is InChI=1S/C21H23N3O6S/c1-3-4-5-6-9-24(31(2,29)30)20(26)14-10-13-7-8-15-18(17(13)22-11-14)23-12-16(19(15)25)21(27)28/h7-8,10-12,16H,3-6,9H2,1-2H3,(H,27,28). The number of benzene rings is 1. The molecule has 164 valence electrons. The summed E-state index contributed by atoms with van der Waals surface area (Å²) in [5.74, 6) is -3.89. The summed E-state index contributed by atoms with van der Waals surface area (Å²) < 4.78 is 25.2. The van der Waals surface area contributed by atoms with Crippen LogP contribution in [0.1, 0.15) is 53.3 Å². The number of fused-ring (bicyclic) bond motifs is 3. The molecule has 0 radical (unpaired) electrons. The van der Waals surface area contributed by atoms with Gasteiger partial charge in [0, 0.05) is 29.9 Å². The molecule has 1 unspecified atom stereocenters. The van der Waals surface area contributed by atoms with Gasteiger partial charge in [-0.3, -0.25) is 24.4 Å². The Morgan fingerprint density at radius 2 is 1.94 bits per heavy atom. The number of carbonyl (C=O) groups is 3. The molecule has 1 amide bonds. The van der Waals surface area contributed by atoms with Crippen molar-refractivity contribution in [1.29, 1.82) is 0 Å². The molecule has 1 aliphatic rings. The van der Waals surface area contributed by atoms with Crippen molar-refractivity contribution in [3.63, 3.8) is 0 Å². The molecule has 2 aromatic rings. The molecule has 0 bridgehead atoms. The van der Waals surface area contributed by atoms with Gasteiger partial charge in [-0.25, -0.2) is 12.7 Å². The number of nitrogens with zero attached hydrogens (tertiary/aromatic N) is 3. The molecule has 31 heavy (non-hydrogen) atoms. The van der Waals surface area contributed by atoms with Gasteiger partial charge in [-0.05, 0) is 18.6 Å². The van der Waals surface area contributed by atoms with Gasteiger partial charge in [-0.1, -0.05) is 32.3 Å². The molecule has 0 spiro atoms. The molecule has 9 nitrogen and oxygen atoms in total. The molecule has 1 aromatic carbocycles. The Kier molecular flexibility index (Phi) is 6.49. The van der Waals surface area contributed by atoms with Gasteiger partial charge in [0.2, 0.25) is 10.0 Å². The maximum Gasteiger partial charge on any atom is 0.319 e. The van der Waals surface area contributed by atoms with Crippen molar-refractivity contribution in [1.82, 2.24) is 9.29 Å². The van der Waals surface area contributed by atoms with E-state index in [4.69, 9.17) is 5.11 Å². The average molecular weight is 445 g/mol. The van der Waals surface area contributed by atoms with E-state index in [-0.39, 0.29) is 23.4 Å². The summed E-state index contributed by atoms with van der Waals surface area (Å²) in [7, 11) is -3.76. The lowest BCUT2D eigenvalue weighted by molar-refractivity contribution is -0.137. The SMILES string of the molecule is CCCCCCN(C(=O)c1cnc2c3c(ccc2c1)C(=O)C(C(=O)O)C=N3)S(C)(=O)=O. The van der Waals surface area contributed by atoms with Gasteiger partial charge < -0.3 is 5.11 Å². The van der Waals surface area contributed by atoms with Gasteiger partial charge in [0.15, 0.2) is 11.7 Å². The molecule has 2 heterocycles. The number of carboxylic acids is 1. The van der Waals surface area contributed by atoms with E-state index >= 15 is 0 Å². The van der Waals surface area contributed by atoms with Crippen LogP contribution in [0.5, 0.6) is 0 Å².